The quantitative estimate of drug-likeness (QED) is 0.166. The van der Waals surface area contributed by atoms with Crippen LogP contribution in [0.15, 0.2) is 11.8 Å². The number of hydrogen-bond donors (Lipinski definition) is 0. The van der Waals surface area contributed by atoms with Crippen LogP contribution >= 0.6 is 0 Å². The Labute approximate surface area is 160 Å². The van der Waals surface area contributed by atoms with Crippen molar-refractivity contribution in [3.05, 3.63) is 11.8 Å². The van der Waals surface area contributed by atoms with E-state index in [1.807, 2.05) is 0 Å². The first kappa shape index (κ1) is 24.9. The normalized spacial score (nSPS) is 11.4. The van der Waals surface area contributed by atoms with E-state index in [1.165, 1.54) is 108 Å². The summed E-state index contributed by atoms with van der Waals surface area (Å²) in [5.41, 5.74) is 0. The molecule has 150 valence electrons. The third kappa shape index (κ3) is 17.1. The fourth-order valence-electron chi connectivity index (χ4n) is 3.45. The molecule has 0 bridgehead atoms. The number of hydrogen-bond acceptors (Lipinski definition) is 2. The minimum absolute atomic E-state index is 1.08. The second kappa shape index (κ2) is 20.2. The van der Waals surface area contributed by atoms with Crippen LogP contribution in [0.3, 0.4) is 0 Å². The summed E-state index contributed by atoms with van der Waals surface area (Å²) in [6.45, 7) is 6.41. The maximum atomic E-state index is 5.36. The van der Waals surface area contributed by atoms with E-state index in [2.05, 4.69) is 13.5 Å². The smallest absolute Gasteiger partial charge is 0.350 e. The van der Waals surface area contributed by atoms with Gasteiger partial charge in [-0.15, -0.1) is 0 Å². The predicted molar refractivity (Wildman–Crippen MR) is 114 cm³/mol. The average Bonchev–Trinajstić information content (AvgIpc) is 2.62. The molecule has 0 aromatic rings. The van der Waals surface area contributed by atoms with Crippen molar-refractivity contribution in [3.63, 3.8) is 0 Å². The Morgan fingerprint density at radius 3 is 1.24 bits per heavy atom. The monoisotopic (exact) mass is 370 g/mol. The third-order valence-electron chi connectivity index (χ3n) is 5.11. The Balaban J connectivity index is 3.15. The number of allylic oxidation sites excluding steroid dienone is 1. The van der Waals surface area contributed by atoms with Gasteiger partial charge >= 0.3 is 9.28 Å². The molecule has 0 N–H and O–H groups in total. The van der Waals surface area contributed by atoms with Crippen molar-refractivity contribution in [3.8, 4) is 0 Å². The molecule has 0 radical (unpaired) electrons. The molecule has 0 aliphatic rings. The summed E-state index contributed by atoms with van der Waals surface area (Å²) in [5, 5.41) is 1.20. The lowest BCUT2D eigenvalue weighted by Gasteiger charge is -2.13. The van der Waals surface area contributed by atoms with E-state index in [1.54, 1.807) is 14.2 Å². The Morgan fingerprint density at radius 1 is 0.600 bits per heavy atom. The van der Waals surface area contributed by atoms with Gasteiger partial charge in [0.1, 0.15) is 0 Å². The van der Waals surface area contributed by atoms with E-state index >= 15 is 0 Å². The van der Waals surface area contributed by atoms with Crippen molar-refractivity contribution in [2.75, 3.05) is 14.2 Å². The molecule has 0 heterocycles. The van der Waals surface area contributed by atoms with E-state index < -0.39 is 9.28 Å². The molecule has 25 heavy (non-hydrogen) atoms. The average molecular weight is 371 g/mol. The van der Waals surface area contributed by atoms with Gasteiger partial charge in [-0.2, -0.15) is 0 Å². The van der Waals surface area contributed by atoms with Gasteiger partial charge in [0.2, 0.25) is 0 Å². The van der Waals surface area contributed by atoms with Gasteiger partial charge in [0.05, 0.1) is 0 Å². The van der Waals surface area contributed by atoms with Gasteiger partial charge in [0.15, 0.2) is 0 Å². The molecule has 0 spiro atoms. The van der Waals surface area contributed by atoms with Gasteiger partial charge in [-0.25, -0.2) is 0 Å². The molecule has 0 atom stereocenters. The summed E-state index contributed by atoms with van der Waals surface area (Å²) in [5.74, 6) is 0. The molecular formula is C22H46O2Si. The highest BCUT2D eigenvalue weighted by Crippen LogP contribution is 2.15. The molecule has 0 aromatic heterocycles. The first-order valence-corrected chi connectivity index (χ1v) is 12.5. The Morgan fingerprint density at radius 2 is 0.920 bits per heavy atom. The van der Waals surface area contributed by atoms with Gasteiger partial charge in [0.25, 0.3) is 0 Å². The van der Waals surface area contributed by atoms with Gasteiger partial charge in [0, 0.05) is 14.2 Å². The predicted octanol–water partition coefficient (Wildman–Crippen LogP) is 7.25. The minimum Gasteiger partial charge on any atom is -0.397 e. The fraction of sp³-hybridized carbons (Fsp3) is 0.909. The second-order valence-electron chi connectivity index (χ2n) is 7.51. The Bertz CT molecular complexity index is 277. The van der Waals surface area contributed by atoms with Crippen LogP contribution in [0, 0.1) is 0 Å². The first-order valence-electron chi connectivity index (χ1n) is 11.0. The zero-order valence-corrected chi connectivity index (χ0v) is 18.8. The van der Waals surface area contributed by atoms with Crippen molar-refractivity contribution in [2.24, 2.45) is 0 Å². The summed E-state index contributed by atoms with van der Waals surface area (Å²) in [4.78, 5) is 0. The Hall–Kier alpha value is -0.123. The number of unbranched alkanes of at least 4 members (excludes halogenated alkanes) is 15. The maximum Gasteiger partial charge on any atom is 0.350 e. The minimum atomic E-state index is -1.58. The van der Waals surface area contributed by atoms with E-state index in [0.717, 1.165) is 6.42 Å². The van der Waals surface area contributed by atoms with Crippen molar-refractivity contribution in [2.45, 2.75) is 116 Å². The SMILES string of the molecule is C=C(CCCCCCCCCCCCCCCCCC)[SiH](OC)OC. The van der Waals surface area contributed by atoms with Crippen LogP contribution in [-0.2, 0) is 8.85 Å². The molecule has 2 nitrogen and oxygen atoms in total. The number of rotatable bonds is 20. The highest BCUT2D eigenvalue weighted by Gasteiger charge is 2.13. The molecule has 0 rings (SSSR count). The molecule has 0 saturated carbocycles. The van der Waals surface area contributed by atoms with Crippen LogP contribution in [-0.4, -0.2) is 23.5 Å². The van der Waals surface area contributed by atoms with E-state index in [0.29, 0.717) is 0 Å². The van der Waals surface area contributed by atoms with Crippen molar-refractivity contribution in [1.82, 2.24) is 0 Å². The van der Waals surface area contributed by atoms with Crippen LogP contribution in [0.25, 0.3) is 0 Å². The van der Waals surface area contributed by atoms with Crippen molar-refractivity contribution < 1.29 is 8.85 Å². The molecule has 0 unspecified atom stereocenters. The highest BCUT2D eigenvalue weighted by atomic mass is 28.3. The van der Waals surface area contributed by atoms with Crippen LogP contribution in [0.2, 0.25) is 0 Å². The fourth-order valence-corrected chi connectivity index (χ4v) is 4.75. The van der Waals surface area contributed by atoms with E-state index in [4.69, 9.17) is 8.85 Å². The van der Waals surface area contributed by atoms with Crippen molar-refractivity contribution >= 4 is 9.28 Å². The van der Waals surface area contributed by atoms with E-state index in [-0.39, 0.29) is 0 Å². The van der Waals surface area contributed by atoms with Crippen LogP contribution in [0.1, 0.15) is 116 Å². The molecule has 0 amide bonds. The summed E-state index contributed by atoms with van der Waals surface area (Å²) >= 11 is 0. The topological polar surface area (TPSA) is 18.5 Å². The van der Waals surface area contributed by atoms with Crippen LogP contribution in [0.4, 0.5) is 0 Å². The second-order valence-corrected chi connectivity index (χ2v) is 9.94. The molecule has 0 fully saturated rings. The Kier molecular flexibility index (Phi) is 20.1. The summed E-state index contributed by atoms with van der Waals surface area (Å²) in [7, 11) is 1.90. The molecule has 0 aromatic carbocycles. The van der Waals surface area contributed by atoms with Gasteiger partial charge < -0.3 is 8.85 Å². The highest BCUT2D eigenvalue weighted by molar-refractivity contribution is 6.53. The van der Waals surface area contributed by atoms with Crippen LogP contribution in [0.5, 0.6) is 0 Å². The summed E-state index contributed by atoms with van der Waals surface area (Å²) in [6.07, 6.45) is 23.7. The molecular weight excluding hydrogens is 324 g/mol. The lowest BCUT2D eigenvalue weighted by atomic mass is 10.0. The maximum absolute atomic E-state index is 5.36. The summed E-state index contributed by atoms with van der Waals surface area (Å²) < 4.78 is 10.7. The lowest BCUT2D eigenvalue weighted by molar-refractivity contribution is 0.285. The zero-order chi connectivity index (χ0) is 18.6. The van der Waals surface area contributed by atoms with Crippen LogP contribution < -0.4 is 0 Å². The third-order valence-corrected chi connectivity index (χ3v) is 6.92. The summed E-state index contributed by atoms with van der Waals surface area (Å²) in [6, 6.07) is 0. The van der Waals surface area contributed by atoms with E-state index in [9.17, 15) is 0 Å². The van der Waals surface area contributed by atoms with Gasteiger partial charge in [-0.05, 0) is 18.0 Å². The molecule has 0 aliphatic carbocycles. The molecule has 3 heteroatoms. The molecule has 0 saturated heterocycles. The lowest BCUT2D eigenvalue weighted by Crippen LogP contribution is -2.21. The first-order chi connectivity index (χ1) is 12.3. The molecule has 0 aliphatic heterocycles. The standard InChI is InChI=1S/C22H46O2Si/c1-5-6-7-8-9-10-11-12-13-14-15-16-17-18-19-20-21-22(2)25(23-3)24-4/h25H,2,5-21H2,1,3-4H3. The van der Waals surface area contributed by atoms with Crippen molar-refractivity contribution in [1.29, 1.82) is 0 Å². The zero-order valence-electron chi connectivity index (χ0n) is 17.6. The van der Waals surface area contributed by atoms with Gasteiger partial charge in [-0.1, -0.05) is 110 Å². The van der Waals surface area contributed by atoms with Gasteiger partial charge in [-0.3, -0.25) is 0 Å². The largest absolute Gasteiger partial charge is 0.397 e.